The Labute approximate surface area is 118 Å². The summed E-state index contributed by atoms with van der Waals surface area (Å²) in [6.45, 7) is 0.0382. The van der Waals surface area contributed by atoms with Crippen molar-refractivity contribution in [2.75, 3.05) is 12.8 Å². The van der Waals surface area contributed by atoms with Crippen LogP contribution in [0.15, 0.2) is 11.0 Å². The van der Waals surface area contributed by atoms with Crippen molar-refractivity contribution in [1.29, 1.82) is 0 Å². The molecule has 0 bridgehead atoms. The molecule has 1 aliphatic heterocycles. The van der Waals surface area contributed by atoms with Crippen LogP contribution >= 0.6 is 0 Å². The number of hydrogen-bond donors (Lipinski definition) is 2. The summed E-state index contributed by atoms with van der Waals surface area (Å²) in [6.07, 6.45) is 0.533. The molecule has 9 heteroatoms. The number of carbonyl (C=O) groups is 1. The van der Waals surface area contributed by atoms with Gasteiger partial charge in [0.2, 0.25) is 0 Å². The van der Waals surface area contributed by atoms with Crippen molar-refractivity contribution in [3.63, 3.8) is 0 Å². The summed E-state index contributed by atoms with van der Waals surface area (Å²) in [6, 6.07) is -0.292. The number of rotatable bonds is 3. The smallest absolute Gasteiger partial charge is 0.307 e. The van der Waals surface area contributed by atoms with Crippen LogP contribution in [0.2, 0.25) is 0 Å². The van der Waals surface area contributed by atoms with Gasteiger partial charge in [-0.05, 0) is 12.5 Å². The third kappa shape index (κ3) is 2.88. The molecule has 2 unspecified atom stereocenters. The van der Waals surface area contributed by atoms with E-state index in [1.54, 1.807) is 0 Å². The number of aliphatic carboxylic acids is 1. The summed E-state index contributed by atoms with van der Waals surface area (Å²) < 4.78 is 64.0. The van der Waals surface area contributed by atoms with E-state index in [0.29, 0.717) is 12.3 Å². The molecule has 0 spiro atoms. The first kappa shape index (κ1) is 15.8. The Bertz CT molecular complexity index is 705. The molecule has 2 N–H and O–H groups in total. The lowest BCUT2D eigenvalue weighted by molar-refractivity contribution is -0.141. The Morgan fingerprint density at radius 3 is 2.43 bits per heavy atom. The quantitative estimate of drug-likeness (QED) is 0.818. The van der Waals surface area contributed by atoms with Gasteiger partial charge in [-0.1, -0.05) is 0 Å². The Morgan fingerprint density at radius 1 is 1.33 bits per heavy atom. The van der Waals surface area contributed by atoms with E-state index in [2.05, 4.69) is 5.32 Å². The van der Waals surface area contributed by atoms with Crippen molar-refractivity contribution in [2.45, 2.75) is 17.4 Å². The molecule has 1 fully saturated rings. The highest BCUT2D eigenvalue weighted by Crippen LogP contribution is 2.33. The summed E-state index contributed by atoms with van der Waals surface area (Å²) in [4.78, 5) is 9.50. The molecule has 0 radical (unpaired) electrons. The molecule has 0 aliphatic carbocycles. The molecular weight excluding hydrogens is 311 g/mol. The van der Waals surface area contributed by atoms with Gasteiger partial charge in [0, 0.05) is 24.4 Å². The fraction of sp³-hybridized carbons (Fsp3) is 0.417. The minimum absolute atomic E-state index is 0.0382. The molecule has 116 valence electrons. The molecule has 1 aromatic rings. The van der Waals surface area contributed by atoms with E-state index in [4.69, 9.17) is 5.11 Å². The maximum atomic E-state index is 14.0. The van der Waals surface area contributed by atoms with Crippen LogP contribution in [-0.4, -0.2) is 32.3 Å². The number of carboxylic acid groups (broad SMARTS) is 1. The SMILES string of the molecule is CS(=O)(=O)c1c(F)cc(C2CC(C(=O)O)CN2)c(F)c1F. The van der Waals surface area contributed by atoms with Gasteiger partial charge in [-0.25, -0.2) is 21.6 Å². The van der Waals surface area contributed by atoms with E-state index in [-0.39, 0.29) is 13.0 Å². The van der Waals surface area contributed by atoms with Gasteiger partial charge in [0.1, 0.15) is 10.7 Å². The van der Waals surface area contributed by atoms with Crippen molar-refractivity contribution in [1.82, 2.24) is 5.32 Å². The summed E-state index contributed by atoms with van der Waals surface area (Å²) in [5, 5.41) is 11.5. The Morgan fingerprint density at radius 2 is 1.95 bits per heavy atom. The topological polar surface area (TPSA) is 83.5 Å². The van der Waals surface area contributed by atoms with Gasteiger partial charge >= 0.3 is 5.97 Å². The minimum Gasteiger partial charge on any atom is -0.481 e. The molecule has 1 saturated heterocycles. The van der Waals surface area contributed by atoms with Crippen molar-refractivity contribution >= 4 is 15.8 Å². The molecule has 0 saturated carbocycles. The largest absolute Gasteiger partial charge is 0.481 e. The third-order valence-corrected chi connectivity index (χ3v) is 4.49. The van der Waals surface area contributed by atoms with E-state index in [1.807, 2.05) is 0 Å². The normalized spacial score (nSPS) is 22.5. The van der Waals surface area contributed by atoms with Crippen molar-refractivity contribution in [2.24, 2.45) is 5.92 Å². The first-order valence-electron chi connectivity index (χ1n) is 5.96. The van der Waals surface area contributed by atoms with Gasteiger partial charge in [-0.2, -0.15) is 0 Å². The predicted molar refractivity (Wildman–Crippen MR) is 65.9 cm³/mol. The van der Waals surface area contributed by atoms with Crippen LogP contribution in [0.3, 0.4) is 0 Å². The molecule has 0 amide bonds. The van der Waals surface area contributed by atoms with E-state index >= 15 is 0 Å². The van der Waals surface area contributed by atoms with E-state index in [1.165, 1.54) is 0 Å². The monoisotopic (exact) mass is 323 g/mol. The zero-order valence-corrected chi connectivity index (χ0v) is 11.7. The highest BCUT2D eigenvalue weighted by Gasteiger charge is 2.34. The van der Waals surface area contributed by atoms with Crippen LogP contribution in [0.5, 0.6) is 0 Å². The minimum atomic E-state index is -4.26. The fourth-order valence-corrected chi connectivity index (χ4v) is 3.18. The molecule has 21 heavy (non-hydrogen) atoms. The lowest BCUT2D eigenvalue weighted by atomic mass is 9.99. The second-order valence-electron chi connectivity index (χ2n) is 4.91. The van der Waals surface area contributed by atoms with Gasteiger partial charge in [0.25, 0.3) is 0 Å². The van der Waals surface area contributed by atoms with E-state index in [9.17, 15) is 26.4 Å². The Hall–Kier alpha value is -1.61. The van der Waals surface area contributed by atoms with Gasteiger partial charge in [0.05, 0.1) is 5.92 Å². The molecule has 1 aliphatic rings. The fourth-order valence-electron chi connectivity index (χ4n) is 2.35. The average molecular weight is 323 g/mol. The first-order valence-corrected chi connectivity index (χ1v) is 7.85. The molecule has 5 nitrogen and oxygen atoms in total. The van der Waals surface area contributed by atoms with E-state index in [0.717, 1.165) is 0 Å². The van der Waals surface area contributed by atoms with Gasteiger partial charge < -0.3 is 10.4 Å². The number of carboxylic acids is 1. The Kier molecular flexibility index (Phi) is 3.98. The summed E-state index contributed by atoms with van der Waals surface area (Å²) >= 11 is 0. The molecular formula is C12H12F3NO4S. The van der Waals surface area contributed by atoms with Crippen molar-refractivity contribution in [3.8, 4) is 0 Å². The highest BCUT2D eigenvalue weighted by atomic mass is 32.2. The van der Waals surface area contributed by atoms with Gasteiger partial charge in [-0.3, -0.25) is 4.79 Å². The standard InChI is InChI=1S/C12H12F3NO4S/c1-21(19,20)11-7(13)3-6(9(14)10(11)15)8-2-5(4-16-8)12(17)18/h3,5,8,16H,2,4H2,1H3,(H,17,18). The lowest BCUT2D eigenvalue weighted by Crippen LogP contribution is -2.18. The zero-order chi connectivity index (χ0) is 15.9. The second-order valence-corrected chi connectivity index (χ2v) is 6.86. The second kappa shape index (κ2) is 5.30. The van der Waals surface area contributed by atoms with Crippen LogP contribution in [-0.2, 0) is 14.6 Å². The molecule has 2 atom stereocenters. The number of sulfone groups is 1. The molecule has 1 aromatic carbocycles. The number of halogens is 3. The number of benzene rings is 1. The van der Waals surface area contributed by atoms with Crippen LogP contribution in [0.1, 0.15) is 18.0 Å². The van der Waals surface area contributed by atoms with Crippen LogP contribution in [0, 0.1) is 23.4 Å². The zero-order valence-electron chi connectivity index (χ0n) is 10.9. The first-order chi connectivity index (χ1) is 9.62. The number of hydrogen-bond acceptors (Lipinski definition) is 4. The summed E-state index contributed by atoms with van der Waals surface area (Å²) in [5.74, 6) is -6.56. The number of nitrogens with one attached hydrogen (secondary N) is 1. The van der Waals surface area contributed by atoms with Crippen LogP contribution in [0.4, 0.5) is 13.2 Å². The van der Waals surface area contributed by atoms with Gasteiger partial charge in [0.15, 0.2) is 21.5 Å². The third-order valence-electron chi connectivity index (χ3n) is 3.37. The highest BCUT2D eigenvalue weighted by molar-refractivity contribution is 7.90. The lowest BCUT2D eigenvalue weighted by Gasteiger charge is -2.14. The van der Waals surface area contributed by atoms with Crippen LogP contribution < -0.4 is 5.32 Å². The summed E-state index contributed by atoms with van der Waals surface area (Å²) in [5.41, 5.74) is -0.416. The predicted octanol–water partition coefficient (Wildman–Crippen LogP) is 1.24. The molecule has 1 heterocycles. The summed E-state index contributed by atoms with van der Waals surface area (Å²) in [7, 11) is -4.26. The van der Waals surface area contributed by atoms with Crippen molar-refractivity contribution in [3.05, 3.63) is 29.1 Å². The Balaban J connectivity index is 2.47. The maximum absolute atomic E-state index is 14.0. The van der Waals surface area contributed by atoms with Crippen molar-refractivity contribution < 1.29 is 31.5 Å². The molecule has 2 rings (SSSR count). The average Bonchev–Trinajstić information content (AvgIpc) is 2.81. The van der Waals surface area contributed by atoms with E-state index < -0.39 is 55.7 Å². The maximum Gasteiger partial charge on any atom is 0.307 e. The molecule has 0 aromatic heterocycles. The van der Waals surface area contributed by atoms with Crippen LogP contribution in [0.25, 0.3) is 0 Å². The van der Waals surface area contributed by atoms with Gasteiger partial charge in [-0.15, -0.1) is 0 Å².